The molecule has 4 aromatic rings. The van der Waals surface area contributed by atoms with Gasteiger partial charge in [-0.3, -0.25) is 0 Å². The summed E-state index contributed by atoms with van der Waals surface area (Å²) in [7, 11) is 0. The van der Waals surface area contributed by atoms with E-state index in [-0.39, 0.29) is 52.1 Å². The molecule has 0 aliphatic rings. The van der Waals surface area contributed by atoms with Crippen molar-refractivity contribution in [1.82, 2.24) is 0 Å². The quantitative estimate of drug-likeness (QED) is 0.328. The SMILES string of the molecule is [2H]c1c([2H])c([2H])c2c(sc3c([2H])c(-c4ccc(C(C)(C)C)cc4)c([2H])c(Cl)c32)c1[2H]. The van der Waals surface area contributed by atoms with E-state index in [1.165, 1.54) is 0 Å². The van der Waals surface area contributed by atoms with E-state index in [1.807, 2.05) is 24.3 Å². The molecule has 0 atom stereocenters. The Kier molecular flexibility index (Phi) is 2.39. The van der Waals surface area contributed by atoms with Gasteiger partial charge in [0.2, 0.25) is 0 Å². The van der Waals surface area contributed by atoms with Gasteiger partial charge in [-0.1, -0.05) is 74.8 Å². The molecule has 120 valence electrons. The highest BCUT2D eigenvalue weighted by Crippen LogP contribution is 2.40. The number of fused-ring (bicyclic) bond motifs is 3. The van der Waals surface area contributed by atoms with E-state index in [1.54, 1.807) is 0 Å². The first kappa shape index (κ1) is 10.2. The number of benzene rings is 3. The molecule has 0 aliphatic heterocycles. The molecular weight excluding hydrogens is 332 g/mol. The van der Waals surface area contributed by atoms with Crippen LogP contribution >= 0.6 is 22.9 Å². The third kappa shape index (κ3) is 2.62. The molecule has 0 saturated carbocycles. The Labute approximate surface area is 160 Å². The molecule has 0 bridgehead atoms. The Morgan fingerprint density at radius 3 is 2.33 bits per heavy atom. The third-order valence-electron chi connectivity index (χ3n) is 4.07. The summed E-state index contributed by atoms with van der Waals surface area (Å²) in [5.74, 6) is 0. The van der Waals surface area contributed by atoms with Gasteiger partial charge in [-0.2, -0.15) is 0 Å². The topological polar surface area (TPSA) is 0 Å². The molecule has 1 heterocycles. The fourth-order valence-electron chi connectivity index (χ4n) is 2.72. The maximum absolute atomic E-state index is 8.79. The predicted octanol–water partition coefficient (Wildman–Crippen LogP) is 7.67. The molecule has 0 saturated heterocycles. The lowest BCUT2D eigenvalue weighted by Gasteiger charge is -2.19. The van der Waals surface area contributed by atoms with Crippen LogP contribution in [0.3, 0.4) is 0 Å². The molecular formula is C22H19ClS. The predicted molar refractivity (Wildman–Crippen MR) is 108 cm³/mol. The molecule has 24 heavy (non-hydrogen) atoms. The Bertz CT molecular complexity index is 1330. The molecule has 3 aromatic carbocycles. The second-order valence-corrected chi connectivity index (χ2v) is 8.18. The van der Waals surface area contributed by atoms with Crippen molar-refractivity contribution in [2.24, 2.45) is 0 Å². The summed E-state index contributed by atoms with van der Waals surface area (Å²) in [5.41, 5.74) is 2.23. The molecule has 0 aliphatic carbocycles. The third-order valence-corrected chi connectivity index (χ3v) is 5.37. The van der Waals surface area contributed by atoms with Gasteiger partial charge < -0.3 is 0 Å². The first-order chi connectivity index (χ1) is 13.9. The van der Waals surface area contributed by atoms with Crippen molar-refractivity contribution in [2.75, 3.05) is 0 Å². The van der Waals surface area contributed by atoms with Gasteiger partial charge in [0, 0.05) is 20.2 Å². The summed E-state index contributed by atoms with van der Waals surface area (Å²) < 4.78 is 50.7. The highest BCUT2D eigenvalue weighted by Gasteiger charge is 2.14. The van der Waals surface area contributed by atoms with E-state index in [0.717, 1.165) is 16.9 Å². The summed E-state index contributed by atoms with van der Waals surface area (Å²) in [6, 6.07) is 6.85. The Morgan fingerprint density at radius 2 is 1.62 bits per heavy atom. The summed E-state index contributed by atoms with van der Waals surface area (Å²) in [4.78, 5) is 0. The average Bonchev–Trinajstić information content (AvgIpc) is 3.10. The zero-order valence-corrected chi connectivity index (χ0v) is 15.2. The lowest BCUT2D eigenvalue weighted by atomic mass is 9.86. The molecule has 0 radical (unpaired) electrons. The van der Waals surface area contributed by atoms with Crippen LogP contribution in [0.5, 0.6) is 0 Å². The molecule has 0 N–H and O–H groups in total. The minimum atomic E-state index is -0.344. The van der Waals surface area contributed by atoms with Crippen LogP contribution < -0.4 is 0 Å². The minimum Gasteiger partial charge on any atom is -0.135 e. The van der Waals surface area contributed by atoms with Crippen LogP contribution in [0.2, 0.25) is 5.02 Å². The van der Waals surface area contributed by atoms with Gasteiger partial charge in [0.15, 0.2) is 0 Å². The van der Waals surface area contributed by atoms with Crippen LogP contribution in [0, 0.1) is 0 Å². The van der Waals surface area contributed by atoms with Crippen molar-refractivity contribution in [3.63, 3.8) is 0 Å². The number of halogens is 1. The van der Waals surface area contributed by atoms with Gasteiger partial charge >= 0.3 is 0 Å². The fraction of sp³-hybridized carbons (Fsp3) is 0.182. The molecule has 1 aromatic heterocycles. The number of hydrogen-bond donors (Lipinski definition) is 0. The molecule has 0 amide bonds. The van der Waals surface area contributed by atoms with Crippen LogP contribution in [-0.4, -0.2) is 0 Å². The van der Waals surface area contributed by atoms with Crippen molar-refractivity contribution in [3.8, 4) is 11.1 Å². The summed E-state index contributed by atoms with van der Waals surface area (Å²) >= 11 is 7.70. The lowest BCUT2D eigenvalue weighted by molar-refractivity contribution is 0.590. The maximum atomic E-state index is 8.79. The van der Waals surface area contributed by atoms with Crippen molar-refractivity contribution >= 4 is 43.1 Å². The van der Waals surface area contributed by atoms with Crippen molar-refractivity contribution < 1.29 is 8.22 Å². The summed E-state index contributed by atoms with van der Waals surface area (Å²) in [6.07, 6.45) is 0. The van der Waals surface area contributed by atoms with E-state index >= 15 is 0 Å². The van der Waals surface area contributed by atoms with Crippen LogP contribution in [0.1, 0.15) is 34.6 Å². The van der Waals surface area contributed by atoms with Gasteiger partial charge in [0.05, 0.1) is 13.2 Å². The van der Waals surface area contributed by atoms with Gasteiger partial charge in [-0.05, 0) is 40.2 Å². The van der Waals surface area contributed by atoms with E-state index in [9.17, 15) is 0 Å². The molecule has 0 unspecified atom stereocenters. The first-order valence-electron chi connectivity index (χ1n) is 10.7. The van der Waals surface area contributed by atoms with Gasteiger partial charge in [0.25, 0.3) is 0 Å². The number of rotatable bonds is 1. The normalized spacial score (nSPS) is 15.7. The zero-order chi connectivity index (χ0) is 22.1. The van der Waals surface area contributed by atoms with E-state index in [0.29, 0.717) is 25.9 Å². The molecule has 0 nitrogen and oxygen atoms in total. The lowest BCUT2D eigenvalue weighted by Crippen LogP contribution is -2.10. The highest BCUT2D eigenvalue weighted by atomic mass is 35.5. The molecule has 0 fully saturated rings. The van der Waals surface area contributed by atoms with E-state index in [4.69, 9.17) is 19.8 Å². The summed E-state index contributed by atoms with van der Waals surface area (Å²) in [6.45, 7) is 6.35. The van der Waals surface area contributed by atoms with E-state index < -0.39 is 0 Å². The number of thiophene rings is 1. The van der Waals surface area contributed by atoms with E-state index in [2.05, 4.69) is 20.8 Å². The molecule has 2 heteroatoms. The standard InChI is InChI=1S/C22H19ClS/c1-22(2,3)16-10-8-14(9-11-16)15-12-18(23)21-17-6-4-5-7-19(17)24-20(21)13-15/h4-13H,1-3H3/i4D,5D,6D,7D,12D,13D. The van der Waals surface area contributed by atoms with Crippen LogP contribution in [0.25, 0.3) is 31.3 Å². The first-order valence-corrected chi connectivity index (χ1v) is 8.86. The summed E-state index contributed by atoms with van der Waals surface area (Å²) in [5, 5.41) is 0.739. The Hall–Kier alpha value is -1.83. The van der Waals surface area contributed by atoms with Crippen LogP contribution in [-0.2, 0) is 5.41 Å². The zero-order valence-electron chi connectivity index (χ0n) is 19.6. The Balaban J connectivity index is 2.09. The van der Waals surface area contributed by atoms with Crippen LogP contribution in [0.4, 0.5) is 0 Å². The van der Waals surface area contributed by atoms with Crippen LogP contribution in [0.15, 0.2) is 60.5 Å². The van der Waals surface area contributed by atoms with Gasteiger partial charge in [0.1, 0.15) is 0 Å². The van der Waals surface area contributed by atoms with Crippen molar-refractivity contribution in [3.05, 3.63) is 71.1 Å². The Morgan fingerprint density at radius 1 is 0.917 bits per heavy atom. The fourth-order valence-corrected chi connectivity index (χ4v) is 4.08. The van der Waals surface area contributed by atoms with Crippen molar-refractivity contribution in [2.45, 2.75) is 26.2 Å². The number of hydrogen-bond acceptors (Lipinski definition) is 1. The van der Waals surface area contributed by atoms with Gasteiger partial charge in [-0.15, -0.1) is 11.3 Å². The minimum absolute atomic E-state index is 0.00946. The monoisotopic (exact) mass is 356 g/mol. The van der Waals surface area contributed by atoms with Gasteiger partial charge in [-0.25, -0.2) is 0 Å². The maximum Gasteiger partial charge on any atom is 0.0645 e. The smallest absolute Gasteiger partial charge is 0.0645 e. The highest BCUT2D eigenvalue weighted by molar-refractivity contribution is 7.26. The second kappa shape index (κ2) is 5.61. The molecule has 4 rings (SSSR count). The largest absolute Gasteiger partial charge is 0.135 e. The second-order valence-electron chi connectivity index (χ2n) is 6.78. The molecule has 0 spiro atoms. The van der Waals surface area contributed by atoms with Crippen molar-refractivity contribution in [1.29, 1.82) is 0 Å². The average molecular weight is 357 g/mol.